The van der Waals surface area contributed by atoms with Gasteiger partial charge in [0, 0.05) is 5.56 Å². The Balaban J connectivity index is 1.56. The first-order valence-corrected chi connectivity index (χ1v) is 10.6. The van der Waals surface area contributed by atoms with Crippen molar-refractivity contribution in [2.75, 3.05) is 13.2 Å². The third-order valence-corrected chi connectivity index (χ3v) is 5.80. The Kier molecular flexibility index (Phi) is 5.28. The van der Waals surface area contributed by atoms with Gasteiger partial charge in [-0.25, -0.2) is 0 Å². The molecule has 31 heavy (non-hydrogen) atoms. The summed E-state index contributed by atoms with van der Waals surface area (Å²) in [6, 6.07) is 32.2. The van der Waals surface area contributed by atoms with Crippen LogP contribution in [-0.2, 0) is 11.2 Å². The smallest absolute Gasteiger partial charge is 0.127 e. The lowest BCUT2D eigenvalue weighted by Gasteiger charge is -2.15. The van der Waals surface area contributed by atoms with E-state index in [4.69, 9.17) is 9.47 Å². The summed E-state index contributed by atoms with van der Waals surface area (Å²) in [5.41, 5.74) is 10.2. The van der Waals surface area contributed by atoms with Gasteiger partial charge in [0.15, 0.2) is 0 Å². The summed E-state index contributed by atoms with van der Waals surface area (Å²) in [5.74, 6) is 0.860. The van der Waals surface area contributed by atoms with Gasteiger partial charge in [-0.3, -0.25) is 0 Å². The Hall–Kier alpha value is -3.78. The summed E-state index contributed by atoms with van der Waals surface area (Å²) in [7, 11) is 0. The molecule has 0 radical (unpaired) electrons. The SMILES string of the molecule is C=COCCOc1ccc(-c2cccc3c2Cc2ccccc2-3)cc1-c1ccccc1. The second-order valence-corrected chi connectivity index (χ2v) is 7.63. The van der Waals surface area contributed by atoms with Crippen molar-refractivity contribution in [2.45, 2.75) is 6.42 Å². The highest BCUT2D eigenvalue weighted by Gasteiger charge is 2.21. The highest BCUT2D eigenvalue weighted by atomic mass is 16.5. The molecule has 4 aromatic rings. The van der Waals surface area contributed by atoms with E-state index in [0.29, 0.717) is 13.2 Å². The molecule has 5 rings (SSSR count). The molecule has 0 atom stereocenters. The maximum Gasteiger partial charge on any atom is 0.127 e. The van der Waals surface area contributed by atoms with Crippen LogP contribution in [0.5, 0.6) is 5.75 Å². The first-order chi connectivity index (χ1) is 15.3. The molecule has 0 bridgehead atoms. The van der Waals surface area contributed by atoms with Crippen LogP contribution in [0.2, 0.25) is 0 Å². The van der Waals surface area contributed by atoms with E-state index in [0.717, 1.165) is 23.3 Å². The summed E-state index contributed by atoms with van der Waals surface area (Å²) >= 11 is 0. The molecule has 0 saturated carbocycles. The quantitative estimate of drug-likeness (QED) is 0.212. The maximum atomic E-state index is 6.06. The van der Waals surface area contributed by atoms with Crippen LogP contribution in [0.3, 0.4) is 0 Å². The monoisotopic (exact) mass is 404 g/mol. The van der Waals surface area contributed by atoms with E-state index in [2.05, 4.69) is 91.5 Å². The van der Waals surface area contributed by atoms with E-state index in [9.17, 15) is 0 Å². The zero-order valence-electron chi connectivity index (χ0n) is 17.4. The highest BCUT2D eigenvalue weighted by molar-refractivity contribution is 5.86. The Labute approximate surface area is 183 Å². The Morgan fingerprint density at radius 2 is 1.45 bits per heavy atom. The fraction of sp³-hybridized carbons (Fsp3) is 0.103. The molecule has 1 aliphatic carbocycles. The summed E-state index contributed by atoms with van der Waals surface area (Å²) in [5, 5.41) is 0. The third-order valence-electron chi connectivity index (χ3n) is 5.80. The van der Waals surface area contributed by atoms with Crippen molar-refractivity contribution < 1.29 is 9.47 Å². The fourth-order valence-corrected chi connectivity index (χ4v) is 4.38. The first kappa shape index (κ1) is 19.2. The molecule has 0 spiro atoms. The van der Waals surface area contributed by atoms with Crippen LogP contribution in [0.4, 0.5) is 0 Å². The van der Waals surface area contributed by atoms with Crippen molar-refractivity contribution >= 4 is 0 Å². The molecule has 0 saturated heterocycles. The van der Waals surface area contributed by atoms with Crippen LogP contribution < -0.4 is 4.74 Å². The van der Waals surface area contributed by atoms with Gasteiger partial charge in [-0.1, -0.05) is 85.4 Å². The zero-order valence-corrected chi connectivity index (χ0v) is 17.4. The molecular weight excluding hydrogens is 380 g/mol. The zero-order chi connectivity index (χ0) is 21.0. The van der Waals surface area contributed by atoms with Gasteiger partial charge < -0.3 is 9.47 Å². The van der Waals surface area contributed by atoms with E-state index in [-0.39, 0.29) is 0 Å². The summed E-state index contributed by atoms with van der Waals surface area (Å²) in [6.45, 7) is 4.53. The molecule has 0 aliphatic heterocycles. The second kappa shape index (κ2) is 8.53. The molecule has 152 valence electrons. The predicted octanol–water partition coefficient (Wildman–Crippen LogP) is 7.13. The summed E-state index contributed by atoms with van der Waals surface area (Å²) < 4.78 is 11.3. The molecule has 2 heteroatoms. The van der Waals surface area contributed by atoms with Gasteiger partial charge in [-0.15, -0.1) is 0 Å². The first-order valence-electron chi connectivity index (χ1n) is 10.6. The van der Waals surface area contributed by atoms with Crippen LogP contribution in [0.25, 0.3) is 33.4 Å². The maximum absolute atomic E-state index is 6.06. The Morgan fingerprint density at radius 3 is 2.32 bits per heavy atom. The topological polar surface area (TPSA) is 18.5 Å². The van der Waals surface area contributed by atoms with Crippen LogP contribution in [-0.4, -0.2) is 13.2 Å². The van der Waals surface area contributed by atoms with Crippen molar-refractivity contribution in [3.8, 4) is 39.1 Å². The summed E-state index contributed by atoms with van der Waals surface area (Å²) in [4.78, 5) is 0. The number of hydrogen-bond donors (Lipinski definition) is 0. The lowest BCUT2D eigenvalue weighted by molar-refractivity contribution is 0.180. The minimum Gasteiger partial charge on any atom is -0.498 e. The molecule has 2 nitrogen and oxygen atoms in total. The Morgan fingerprint density at radius 1 is 0.677 bits per heavy atom. The third kappa shape index (κ3) is 3.73. The molecule has 0 amide bonds. The average Bonchev–Trinajstić information content (AvgIpc) is 3.21. The number of hydrogen-bond acceptors (Lipinski definition) is 2. The molecule has 0 heterocycles. The molecule has 4 aromatic carbocycles. The number of rotatable bonds is 7. The normalized spacial score (nSPS) is 11.5. The van der Waals surface area contributed by atoms with Crippen molar-refractivity contribution in [1.29, 1.82) is 0 Å². The molecule has 0 fully saturated rings. The van der Waals surface area contributed by atoms with Gasteiger partial charge in [0.1, 0.15) is 19.0 Å². The Bertz CT molecular complexity index is 1220. The van der Waals surface area contributed by atoms with E-state index < -0.39 is 0 Å². The lowest BCUT2D eigenvalue weighted by atomic mass is 9.93. The van der Waals surface area contributed by atoms with Crippen LogP contribution >= 0.6 is 0 Å². The van der Waals surface area contributed by atoms with E-state index in [1.54, 1.807) is 0 Å². The minimum atomic E-state index is 0.473. The summed E-state index contributed by atoms with van der Waals surface area (Å²) in [6.07, 6.45) is 2.41. The molecular formula is C29H24O2. The minimum absolute atomic E-state index is 0.473. The van der Waals surface area contributed by atoms with Crippen LogP contribution in [0, 0.1) is 0 Å². The van der Waals surface area contributed by atoms with Crippen molar-refractivity contribution in [2.24, 2.45) is 0 Å². The van der Waals surface area contributed by atoms with Crippen molar-refractivity contribution in [3.63, 3.8) is 0 Å². The van der Waals surface area contributed by atoms with Gasteiger partial charge in [0.25, 0.3) is 0 Å². The lowest BCUT2D eigenvalue weighted by Crippen LogP contribution is -2.05. The fourth-order valence-electron chi connectivity index (χ4n) is 4.38. The largest absolute Gasteiger partial charge is 0.498 e. The molecule has 1 aliphatic rings. The number of fused-ring (bicyclic) bond motifs is 3. The standard InChI is InChI=1S/C29H24O2/c1-2-30-17-18-31-29-16-15-23(19-27(29)21-9-4-3-5-10-21)25-13-8-14-26-24-12-7-6-11-22(24)20-28(25)26/h2-16,19H,1,17-18,20H2. The van der Waals surface area contributed by atoms with Gasteiger partial charge in [-0.05, 0) is 57.5 Å². The van der Waals surface area contributed by atoms with Crippen LogP contribution in [0.15, 0.2) is 104 Å². The van der Waals surface area contributed by atoms with Crippen LogP contribution in [0.1, 0.15) is 11.1 Å². The van der Waals surface area contributed by atoms with E-state index >= 15 is 0 Å². The second-order valence-electron chi connectivity index (χ2n) is 7.63. The van der Waals surface area contributed by atoms with Gasteiger partial charge >= 0.3 is 0 Å². The van der Waals surface area contributed by atoms with Gasteiger partial charge in [0.2, 0.25) is 0 Å². The number of ether oxygens (including phenoxy) is 2. The highest BCUT2D eigenvalue weighted by Crippen LogP contribution is 2.43. The van der Waals surface area contributed by atoms with Crippen molar-refractivity contribution in [3.05, 3.63) is 115 Å². The molecule has 0 N–H and O–H groups in total. The average molecular weight is 405 g/mol. The van der Waals surface area contributed by atoms with E-state index in [1.807, 2.05) is 6.07 Å². The van der Waals surface area contributed by atoms with Gasteiger partial charge in [0.05, 0.1) is 6.26 Å². The molecule has 0 unspecified atom stereocenters. The molecule has 0 aromatic heterocycles. The number of benzene rings is 4. The van der Waals surface area contributed by atoms with Gasteiger partial charge in [-0.2, -0.15) is 0 Å². The van der Waals surface area contributed by atoms with Crippen molar-refractivity contribution in [1.82, 2.24) is 0 Å². The predicted molar refractivity (Wildman–Crippen MR) is 127 cm³/mol. The van der Waals surface area contributed by atoms with E-state index in [1.165, 1.54) is 39.6 Å².